The van der Waals surface area contributed by atoms with E-state index >= 15 is 0 Å². The van der Waals surface area contributed by atoms with Gasteiger partial charge in [-0.15, -0.1) is 0 Å². The zero-order valence-electron chi connectivity index (χ0n) is 6.81. The molecule has 2 unspecified atom stereocenters. The van der Waals surface area contributed by atoms with E-state index in [9.17, 15) is 4.21 Å². The molecule has 0 heterocycles. The molecule has 13 heavy (non-hydrogen) atoms. The van der Waals surface area contributed by atoms with E-state index in [0.29, 0.717) is 0 Å². The van der Waals surface area contributed by atoms with Gasteiger partial charge in [-0.1, -0.05) is 36.4 Å². The molecular formula is C9H9NO2S. The topological polar surface area (TPSA) is 49.3 Å². The molecular weight excluding hydrogens is 186 g/mol. The highest BCUT2D eigenvalue weighted by atomic mass is 32.2. The second-order valence-electron chi connectivity index (χ2n) is 2.83. The summed E-state index contributed by atoms with van der Waals surface area (Å²) < 4.78 is 21.7. The van der Waals surface area contributed by atoms with Crippen LogP contribution in [-0.2, 0) is 11.3 Å². The fourth-order valence-corrected chi connectivity index (χ4v) is 1.88. The van der Waals surface area contributed by atoms with Gasteiger partial charge in [0, 0.05) is 0 Å². The molecule has 3 nitrogen and oxygen atoms in total. The monoisotopic (exact) mass is 195 g/mol. The van der Waals surface area contributed by atoms with Crippen LogP contribution in [0.25, 0.3) is 6.08 Å². The third kappa shape index (κ3) is 1.70. The Labute approximate surface area is 78.9 Å². The second kappa shape index (κ2) is 3.41. The minimum Gasteiger partial charge on any atom is -0.294 e. The Balaban J connectivity index is 2.28. The van der Waals surface area contributed by atoms with Crippen molar-refractivity contribution in [3.63, 3.8) is 0 Å². The Morgan fingerprint density at radius 1 is 1.38 bits per heavy atom. The van der Waals surface area contributed by atoms with Gasteiger partial charge in [-0.05, 0) is 11.1 Å². The lowest BCUT2D eigenvalue weighted by Gasteiger charge is -2.08. The highest BCUT2D eigenvalue weighted by molar-refractivity contribution is 7.77. The molecule has 0 fully saturated rings. The smallest absolute Gasteiger partial charge is 0.232 e. The fourth-order valence-electron chi connectivity index (χ4n) is 1.46. The number of hydrogen-bond acceptors (Lipinski definition) is 1. The largest absolute Gasteiger partial charge is 0.294 e. The van der Waals surface area contributed by atoms with Crippen molar-refractivity contribution in [1.82, 2.24) is 4.72 Å². The van der Waals surface area contributed by atoms with Crippen LogP contribution in [0.15, 0.2) is 30.3 Å². The van der Waals surface area contributed by atoms with Crippen LogP contribution in [0.3, 0.4) is 0 Å². The number of nitrogens with one attached hydrogen (secondary N) is 1. The van der Waals surface area contributed by atoms with Crippen LogP contribution < -0.4 is 4.72 Å². The summed E-state index contributed by atoms with van der Waals surface area (Å²) in [5, 5.41) is 0. The van der Waals surface area contributed by atoms with Crippen LogP contribution in [0.4, 0.5) is 0 Å². The fraction of sp³-hybridized carbons (Fsp3) is 0.111. The molecule has 0 aromatic heterocycles. The SMILES string of the molecule is O=S(O)NC1C=Cc2ccccc21. The first kappa shape index (κ1) is 8.62. The van der Waals surface area contributed by atoms with Gasteiger partial charge in [0.15, 0.2) is 0 Å². The molecule has 2 rings (SSSR count). The molecule has 2 N–H and O–H groups in total. The van der Waals surface area contributed by atoms with Crippen LogP contribution in [0.1, 0.15) is 17.2 Å². The Hall–Kier alpha value is -0.970. The van der Waals surface area contributed by atoms with Gasteiger partial charge >= 0.3 is 0 Å². The zero-order valence-corrected chi connectivity index (χ0v) is 7.62. The summed E-state index contributed by atoms with van der Waals surface area (Å²) in [6.07, 6.45) is 3.82. The number of benzene rings is 1. The quantitative estimate of drug-likeness (QED) is 0.702. The van der Waals surface area contributed by atoms with Gasteiger partial charge in [0.25, 0.3) is 0 Å². The van der Waals surface area contributed by atoms with Gasteiger partial charge in [-0.2, -0.15) is 0 Å². The van der Waals surface area contributed by atoms with E-state index in [4.69, 9.17) is 4.55 Å². The summed E-state index contributed by atoms with van der Waals surface area (Å²) in [4.78, 5) is 0. The summed E-state index contributed by atoms with van der Waals surface area (Å²) >= 11 is -1.96. The Morgan fingerprint density at radius 3 is 2.92 bits per heavy atom. The van der Waals surface area contributed by atoms with Gasteiger partial charge in [-0.25, -0.2) is 8.93 Å². The molecule has 2 atom stereocenters. The zero-order chi connectivity index (χ0) is 9.26. The third-order valence-corrected chi connectivity index (χ3v) is 2.48. The summed E-state index contributed by atoms with van der Waals surface area (Å²) in [6, 6.07) is 7.65. The van der Waals surface area contributed by atoms with Crippen molar-refractivity contribution in [3.05, 3.63) is 41.5 Å². The predicted octanol–water partition coefficient (Wildman–Crippen LogP) is 1.48. The number of fused-ring (bicyclic) bond motifs is 1. The van der Waals surface area contributed by atoms with Crippen LogP contribution >= 0.6 is 0 Å². The van der Waals surface area contributed by atoms with Crippen LogP contribution in [0.5, 0.6) is 0 Å². The summed E-state index contributed by atoms with van der Waals surface area (Å²) in [7, 11) is 0. The Kier molecular flexibility index (Phi) is 2.26. The molecule has 0 saturated heterocycles. The minimum absolute atomic E-state index is 0.137. The van der Waals surface area contributed by atoms with Crippen LogP contribution in [-0.4, -0.2) is 8.76 Å². The molecule has 68 valence electrons. The van der Waals surface area contributed by atoms with Crippen molar-refractivity contribution in [2.24, 2.45) is 0 Å². The average molecular weight is 195 g/mol. The second-order valence-corrected chi connectivity index (χ2v) is 3.57. The normalized spacial score (nSPS) is 21.5. The van der Waals surface area contributed by atoms with E-state index in [1.54, 1.807) is 0 Å². The number of hydrogen-bond donors (Lipinski definition) is 2. The van der Waals surface area contributed by atoms with E-state index in [1.807, 2.05) is 36.4 Å². The maximum Gasteiger partial charge on any atom is 0.232 e. The van der Waals surface area contributed by atoms with Crippen LogP contribution in [0, 0.1) is 0 Å². The standard InChI is InChI=1S/C9H9NO2S/c11-13(12)10-9-6-5-7-3-1-2-4-8(7)9/h1-6,9-10H,(H,11,12). The maximum atomic E-state index is 10.5. The van der Waals surface area contributed by atoms with E-state index < -0.39 is 11.3 Å². The predicted molar refractivity (Wildman–Crippen MR) is 52.1 cm³/mol. The Morgan fingerprint density at radius 2 is 2.15 bits per heavy atom. The number of rotatable bonds is 2. The van der Waals surface area contributed by atoms with Gasteiger partial charge < -0.3 is 0 Å². The van der Waals surface area contributed by atoms with Gasteiger partial charge in [0.2, 0.25) is 11.3 Å². The molecule has 0 aliphatic heterocycles. The molecule has 4 heteroatoms. The molecule has 1 aliphatic carbocycles. The summed E-state index contributed by atoms with van der Waals surface area (Å²) in [6.45, 7) is 0. The first-order chi connectivity index (χ1) is 6.27. The molecule has 0 radical (unpaired) electrons. The average Bonchev–Trinajstić information content (AvgIpc) is 2.48. The third-order valence-electron chi connectivity index (χ3n) is 2.03. The van der Waals surface area contributed by atoms with Crippen LogP contribution in [0.2, 0.25) is 0 Å². The maximum absolute atomic E-state index is 10.5. The van der Waals surface area contributed by atoms with E-state index in [2.05, 4.69) is 4.72 Å². The molecule has 1 aliphatic rings. The highest BCUT2D eigenvalue weighted by Gasteiger charge is 2.17. The van der Waals surface area contributed by atoms with Gasteiger partial charge in [0.05, 0.1) is 6.04 Å². The summed E-state index contributed by atoms with van der Waals surface area (Å²) in [5.74, 6) is 0. The van der Waals surface area contributed by atoms with Gasteiger partial charge in [-0.3, -0.25) is 4.55 Å². The lowest BCUT2D eigenvalue weighted by molar-refractivity contribution is 0.543. The lowest BCUT2D eigenvalue weighted by Crippen LogP contribution is -2.20. The molecule has 1 aromatic carbocycles. The summed E-state index contributed by atoms with van der Waals surface area (Å²) in [5.41, 5.74) is 2.15. The van der Waals surface area contributed by atoms with Crippen molar-refractivity contribution in [2.45, 2.75) is 6.04 Å². The van der Waals surface area contributed by atoms with Crippen molar-refractivity contribution in [2.75, 3.05) is 0 Å². The molecule has 0 saturated carbocycles. The lowest BCUT2D eigenvalue weighted by atomic mass is 10.1. The molecule has 0 spiro atoms. The highest BCUT2D eigenvalue weighted by Crippen LogP contribution is 2.27. The van der Waals surface area contributed by atoms with E-state index in [-0.39, 0.29) is 6.04 Å². The minimum atomic E-state index is -1.96. The van der Waals surface area contributed by atoms with Crippen molar-refractivity contribution in [3.8, 4) is 0 Å². The molecule has 1 aromatic rings. The van der Waals surface area contributed by atoms with Crippen molar-refractivity contribution < 1.29 is 8.76 Å². The Bertz CT molecular complexity index is 376. The van der Waals surface area contributed by atoms with E-state index in [0.717, 1.165) is 11.1 Å². The van der Waals surface area contributed by atoms with Crippen molar-refractivity contribution in [1.29, 1.82) is 0 Å². The molecule has 0 bridgehead atoms. The molecule has 0 amide bonds. The first-order valence-corrected chi connectivity index (χ1v) is 5.02. The van der Waals surface area contributed by atoms with Gasteiger partial charge in [0.1, 0.15) is 0 Å². The van der Waals surface area contributed by atoms with E-state index in [1.165, 1.54) is 0 Å². The van der Waals surface area contributed by atoms with Crippen molar-refractivity contribution >= 4 is 17.3 Å². The first-order valence-electron chi connectivity index (χ1n) is 3.91.